The smallest absolute Gasteiger partial charge is 0.237 e. The van der Waals surface area contributed by atoms with Crippen LogP contribution in [0.1, 0.15) is 5.69 Å². The van der Waals surface area contributed by atoms with Crippen molar-refractivity contribution in [3.63, 3.8) is 0 Å². The molecule has 17 heavy (non-hydrogen) atoms. The van der Waals surface area contributed by atoms with Crippen molar-refractivity contribution in [1.82, 2.24) is 10.5 Å². The molecule has 0 bridgehead atoms. The molecule has 0 spiro atoms. The van der Waals surface area contributed by atoms with Crippen molar-refractivity contribution < 1.29 is 5.21 Å². The summed E-state index contributed by atoms with van der Waals surface area (Å²) >= 11 is 0. The minimum absolute atomic E-state index is 0.179. The first-order valence-electron chi connectivity index (χ1n) is 4.91. The first-order valence-corrected chi connectivity index (χ1v) is 4.91. The van der Waals surface area contributed by atoms with Crippen LogP contribution >= 0.6 is 0 Å². The molecule has 0 saturated heterocycles. The molecule has 0 radical (unpaired) electrons. The molecular formula is C11H11N5O. The van der Waals surface area contributed by atoms with E-state index in [9.17, 15) is 0 Å². The second-order valence-electron chi connectivity index (χ2n) is 3.26. The normalized spacial score (nSPS) is 12.2. The Morgan fingerprint density at radius 3 is 3.00 bits per heavy atom. The zero-order valence-electron chi connectivity index (χ0n) is 8.91. The lowest BCUT2D eigenvalue weighted by molar-refractivity contribution is 0.232. The van der Waals surface area contributed by atoms with E-state index in [1.807, 2.05) is 30.3 Å². The Bertz CT molecular complexity index is 574. The lowest BCUT2D eigenvalue weighted by atomic mass is 10.1. The Hall–Kier alpha value is -2.47. The number of nitrogens with zero attached hydrogens (tertiary/aromatic N) is 3. The van der Waals surface area contributed by atoms with Gasteiger partial charge in [-0.15, -0.1) is 5.10 Å². The van der Waals surface area contributed by atoms with E-state index in [1.165, 1.54) is 6.21 Å². The number of hydroxylamine groups is 1. The topological polar surface area (TPSA) is 95.9 Å². The van der Waals surface area contributed by atoms with Gasteiger partial charge in [0.1, 0.15) is 0 Å². The number of rotatable bonds is 2. The van der Waals surface area contributed by atoms with Crippen LogP contribution < -0.4 is 11.2 Å². The van der Waals surface area contributed by atoms with Gasteiger partial charge in [0.05, 0.1) is 11.9 Å². The number of benzene rings is 1. The van der Waals surface area contributed by atoms with Crippen molar-refractivity contribution in [2.45, 2.75) is 0 Å². The molecule has 1 aromatic heterocycles. The van der Waals surface area contributed by atoms with Crippen LogP contribution in [0.15, 0.2) is 46.7 Å². The van der Waals surface area contributed by atoms with Gasteiger partial charge in [0.25, 0.3) is 0 Å². The Labute approximate surface area is 97.5 Å². The molecular weight excluding hydrogens is 218 g/mol. The molecule has 86 valence electrons. The summed E-state index contributed by atoms with van der Waals surface area (Å²) in [6.45, 7) is 0. The number of pyridine rings is 1. The predicted molar refractivity (Wildman–Crippen MR) is 65.9 cm³/mol. The maximum Gasteiger partial charge on any atom is 0.237 e. The first kappa shape index (κ1) is 11.0. The van der Waals surface area contributed by atoms with Gasteiger partial charge >= 0.3 is 0 Å². The first-order chi connectivity index (χ1) is 8.31. The van der Waals surface area contributed by atoms with E-state index in [1.54, 1.807) is 11.7 Å². The van der Waals surface area contributed by atoms with Gasteiger partial charge in [-0.05, 0) is 11.5 Å². The number of hydrogen-bond acceptors (Lipinski definition) is 4. The molecule has 0 fully saturated rings. The third kappa shape index (κ3) is 2.56. The monoisotopic (exact) mass is 229 g/mol. The zero-order valence-corrected chi connectivity index (χ0v) is 8.91. The van der Waals surface area contributed by atoms with Gasteiger partial charge in [-0.3, -0.25) is 10.2 Å². The largest absolute Gasteiger partial charge is 0.367 e. The van der Waals surface area contributed by atoms with Crippen LogP contribution in [0.2, 0.25) is 0 Å². The summed E-state index contributed by atoms with van der Waals surface area (Å²) in [5.41, 5.74) is 7.58. The van der Waals surface area contributed by atoms with E-state index in [-0.39, 0.29) is 5.96 Å². The number of hydrogen-bond donors (Lipinski definition) is 3. The number of aromatic nitrogens is 1. The molecule has 2 rings (SSSR count). The van der Waals surface area contributed by atoms with E-state index in [0.29, 0.717) is 5.69 Å². The van der Waals surface area contributed by atoms with Crippen LogP contribution in [0, 0.1) is 0 Å². The van der Waals surface area contributed by atoms with Crippen LogP contribution in [0.4, 0.5) is 0 Å². The quantitative estimate of drug-likeness (QED) is 0.404. The summed E-state index contributed by atoms with van der Waals surface area (Å²) in [6, 6.07) is 9.73. The fraction of sp³-hybridized carbons (Fsp3) is 0. The highest BCUT2D eigenvalue weighted by molar-refractivity contribution is 5.97. The minimum atomic E-state index is -0.179. The fourth-order valence-corrected chi connectivity index (χ4v) is 1.41. The molecule has 0 saturated carbocycles. The Morgan fingerprint density at radius 1 is 1.35 bits per heavy atom. The zero-order chi connectivity index (χ0) is 12.1. The Kier molecular flexibility index (Phi) is 3.27. The molecule has 0 amide bonds. The second kappa shape index (κ2) is 5.04. The lowest BCUT2D eigenvalue weighted by Gasteiger charge is -1.99. The third-order valence-corrected chi connectivity index (χ3v) is 2.16. The van der Waals surface area contributed by atoms with Gasteiger partial charge in [-0.25, -0.2) is 5.48 Å². The van der Waals surface area contributed by atoms with Crippen LogP contribution in [-0.4, -0.2) is 22.4 Å². The summed E-state index contributed by atoms with van der Waals surface area (Å²) in [5.74, 6) is -0.179. The number of nitrogens with two attached hydrogens (primary N) is 1. The summed E-state index contributed by atoms with van der Waals surface area (Å²) < 4.78 is 0. The van der Waals surface area contributed by atoms with E-state index < -0.39 is 0 Å². The summed E-state index contributed by atoms with van der Waals surface area (Å²) in [4.78, 5) is 4.19. The molecule has 4 N–H and O–H groups in total. The Balaban J connectivity index is 2.36. The van der Waals surface area contributed by atoms with Crippen molar-refractivity contribution >= 4 is 22.9 Å². The summed E-state index contributed by atoms with van der Waals surface area (Å²) in [6.07, 6.45) is 3.17. The van der Waals surface area contributed by atoms with E-state index in [0.717, 1.165) is 10.8 Å². The van der Waals surface area contributed by atoms with E-state index in [2.05, 4.69) is 15.2 Å². The number of nitrogens with one attached hydrogen (secondary N) is 1. The number of guanidine groups is 1. The van der Waals surface area contributed by atoms with Gasteiger partial charge < -0.3 is 5.73 Å². The summed E-state index contributed by atoms with van der Waals surface area (Å²) in [5, 5.41) is 17.7. The molecule has 0 unspecified atom stereocenters. The standard InChI is InChI=1S/C11H11N5O/c12-11(16-17)15-14-7-10-9-4-2-1-3-8(9)5-6-13-10/h1-7,17H,(H3,12,15,16)/b14-7-. The molecule has 2 aromatic rings. The maximum absolute atomic E-state index is 8.41. The van der Waals surface area contributed by atoms with Crippen molar-refractivity contribution in [3.05, 3.63) is 42.2 Å². The van der Waals surface area contributed by atoms with Crippen LogP contribution in [0.5, 0.6) is 0 Å². The third-order valence-electron chi connectivity index (χ3n) is 2.16. The van der Waals surface area contributed by atoms with Gasteiger partial charge in [-0.1, -0.05) is 24.3 Å². The Morgan fingerprint density at radius 2 is 2.18 bits per heavy atom. The lowest BCUT2D eigenvalue weighted by Crippen LogP contribution is -2.27. The highest BCUT2D eigenvalue weighted by Crippen LogP contribution is 2.14. The van der Waals surface area contributed by atoms with Gasteiger partial charge in [0.2, 0.25) is 5.96 Å². The van der Waals surface area contributed by atoms with Crippen LogP contribution in [0.25, 0.3) is 10.8 Å². The van der Waals surface area contributed by atoms with Crippen LogP contribution in [0.3, 0.4) is 0 Å². The molecule has 1 aromatic carbocycles. The molecule has 6 heteroatoms. The second-order valence-corrected chi connectivity index (χ2v) is 3.26. The van der Waals surface area contributed by atoms with Crippen LogP contribution in [-0.2, 0) is 0 Å². The van der Waals surface area contributed by atoms with Crippen molar-refractivity contribution in [2.24, 2.45) is 15.9 Å². The highest BCUT2D eigenvalue weighted by Gasteiger charge is 1.97. The average Bonchev–Trinajstić information content (AvgIpc) is 2.39. The number of fused-ring (bicyclic) bond motifs is 1. The van der Waals surface area contributed by atoms with Gasteiger partial charge in [0.15, 0.2) is 0 Å². The molecule has 1 heterocycles. The average molecular weight is 229 g/mol. The van der Waals surface area contributed by atoms with E-state index >= 15 is 0 Å². The van der Waals surface area contributed by atoms with Gasteiger partial charge in [-0.2, -0.15) is 5.10 Å². The van der Waals surface area contributed by atoms with Crippen molar-refractivity contribution in [2.75, 3.05) is 0 Å². The molecule has 0 aliphatic rings. The van der Waals surface area contributed by atoms with Crippen molar-refractivity contribution in [3.8, 4) is 0 Å². The maximum atomic E-state index is 8.41. The van der Waals surface area contributed by atoms with Gasteiger partial charge in [0, 0.05) is 11.6 Å². The molecule has 0 aliphatic heterocycles. The van der Waals surface area contributed by atoms with E-state index in [4.69, 9.17) is 10.9 Å². The predicted octanol–water partition coefficient (Wildman–Crippen LogP) is 0.862. The SMILES string of the molecule is N/C(=N\N=C/c1nccc2ccccc12)NO. The molecule has 6 nitrogen and oxygen atoms in total. The molecule has 0 aliphatic carbocycles. The fourth-order valence-electron chi connectivity index (χ4n) is 1.41. The van der Waals surface area contributed by atoms with Crippen molar-refractivity contribution in [1.29, 1.82) is 0 Å². The molecule has 0 atom stereocenters. The summed E-state index contributed by atoms with van der Waals surface area (Å²) in [7, 11) is 0. The minimum Gasteiger partial charge on any atom is -0.367 e. The highest BCUT2D eigenvalue weighted by atomic mass is 16.5.